The van der Waals surface area contributed by atoms with Crippen LogP contribution in [-0.4, -0.2) is 23.1 Å². The zero-order valence-electron chi connectivity index (χ0n) is 10.2. The summed E-state index contributed by atoms with van der Waals surface area (Å²) in [7, 11) is 0. The van der Waals surface area contributed by atoms with Gasteiger partial charge in [-0.05, 0) is 25.2 Å². The molecule has 0 spiro atoms. The van der Waals surface area contributed by atoms with Gasteiger partial charge in [0.2, 0.25) is 0 Å². The minimum Gasteiger partial charge on any atom is -0.356 e. The Labute approximate surface area is 101 Å². The second-order valence-electron chi connectivity index (χ2n) is 5.23. The Morgan fingerprint density at radius 2 is 2.18 bits per heavy atom. The summed E-state index contributed by atoms with van der Waals surface area (Å²) < 4.78 is 0. The van der Waals surface area contributed by atoms with Crippen molar-refractivity contribution < 1.29 is 0 Å². The number of anilines is 2. The maximum atomic E-state index is 5.48. The summed E-state index contributed by atoms with van der Waals surface area (Å²) in [4.78, 5) is 11.4. The molecule has 92 valence electrons. The second-order valence-corrected chi connectivity index (χ2v) is 5.23. The lowest BCUT2D eigenvalue weighted by Crippen LogP contribution is -2.22. The highest BCUT2D eigenvalue weighted by atomic mass is 15.3. The first-order valence-electron chi connectivity index (χ1n) is 6.37. The van der Waals surface area contributed by atoms with Gasteiger partial charge in [0.1, 0.15) is 17.5 Å². The van der Waals surface area contributed by atoms with E-state index in [9.17, 15) is 0 Å². The maximum Gasteiger partial charge on any atom is 0.145 e. The van der Waals surface area contributed by atoms with Crippen molar-refractivity contribution in [2.24, 2.45) is 11.8 Å². The van der Waals surface area contributed by atoms with Crippen molar-refractivity contribution in [2.45, 2.75) is 32.1 Å². The fourth-order valence-corrected chi connectivity index (χ4v) is 2.36. The summed E-state index contributed by atoms with van der Waals surface area (Å²) in [5.74, 6) is 9.50. The number of nitrogen functional groups attached to an aromatic ring is 1. The lowest BCUT2D eigenvalue weighted by atomic mass is 10.2. The van der Waals surface area contributed by atoms with Crippen LogP contribution in [0.15, 0.2) is 6.07 Å². The van der Waals surface area contributed by atoms with E-state index in [0.717, 1.165) is 36.5 Å². The Morgan fingerprint density at radius 3 is 2.76 bits per heavy atom. The van der Waals surface area contributed by atoms with Crippen LogP contribution in [0.1, 0.15) is 37.9 Å². The van der Waals surface area contributed by atoms with Crippen LogP contribution in [0.25, 0.3) is 0 Å². The van der Waals surface area contributed by atoms with Gasteiger partial charge < -0.3 is 10.3 Å². The van der Waals surface area contributed by atoms with Crippen LogP contribution in [0.5, 0.6) is 0 Å². The van der Waals surface area contributed by atoms with E-state index >= 15 is 0 Å². The highest BCUT2D eigenvalue weighted by Gasteiger charge is 2.28. The predicted octanol–water partition coefficient (Wildman–Crippen LogP) is 1.49. The van der Waals surface area contributed by atoms with Crippen LogP contribution in [0, 0.1) is 5.92 Å². The van der Waals surface area contributed by atoms with Crippen molar-refractivity contribution in [3.8, 4) is 0 Å². The molecule has 1 unspecified atom stereocenters. The van der Waals surface area contributed by atoms with E-state index in [0.29, 0.717) is 5.92 Å². The van der Waals surface area contributed by atoms with Crippen molar-refractivity contribution in [1.82, 2.24) is 9.97 Å². The zero-order chi connectivity index (χ0) is 11.8. The molecular formula is C12H19N5. The number of aromatic nitrogens is 2. The molecule has 1 atom stereocenters. The number of hydrogen-bond acceptors (Lipinski definition) is 5. The second kappa shape index (κ2) is 4.14. The third-order valence-electron chi connectivity index (χ3n) is 3.57. The largest absolute Gasteiger partial charge is 0.356 e. The molecular weight excluding hydrogens is 214 g/mol. The molecule has 2 aliphatic rings. The van der Waals surface area contributed by atoms with Crippen LogP contribution in [0.2, 0.25) is 0 Å². The molecule has 2 fully saturated rings. The summed E-state index contributed by atoms with van der Waals surface area (Å²) in [6, 6.07) is 1.95. The number of nitrogens with zero attached hydrogens (tertiary/aromatic N) is 3. The molecule has 5 nitrogen and oxygen atoms in total. The van der Waals surface area contributed by atoms with E-state index in [1.807, 2.05) is 6.07 Å². The van der Waals surface area contributed by atoms with Gasteiger partial charge in [0.15, 0.2) is 0 Å². The minimum atomic E-state index is 0.557. The molecule has 1 saturated carbocycles. The van der Waals surface area contributed by atoms with Crippen LogP contribution < -0.4 is 16.2 Å². The average Bonchev–Trinajstić information content (AvgIpc) is 3.11. The predicted molar refractivity (Wildman–Crippen MR) is 67.8 cm³/mol. The number of nitrogens with one attached hydrogen (secondary N) is 1. The molecule has 0 amide bonds. The van der Waals surface area contributed by atoms with Gasteiger partial charge in [0.05, 0.1) is 0 Å². The molecule has 1 aromatic rings. The minimum absolute atomic E-state index is 0.557. The first-order valence-corrected chi connectivity index (χ1v) is 6.37. The molecule has 0 aromatic carbocycles. The van der Waals surface area contributed by atoms with Crippen LogP contribution in [-0.2, 0) is 0 Å². The molecule has 1 aliphatic heterocycles. The smallest absolute Gasteiger partial charge is 0.145 e. The van der Waals surface area contributed by atoms with Gasteiger partial charge in [0, 0.05) is 25.1 Å². The van der Waals surface area contributed by atoms with Crippen LogP contribution in [0.4, 0.5) is 11.6 Å². The monoisotopic (exact) mass is 233 g/mol. The van der Waals surface area contributed by atoms with Gasteiger partial charge in [-0.25, -0.2) is 15.8 Å². The lowest BCUT2D eigenvalue weighted by Gasteiger charge is -2.18. The molecule has 3 rings (SSSR count). The molecule has 0 bridgehead atoms. The van der Waals surface area contributed by atoms with E-state index < -0.39 is 0 Å². The molecule has 0 radical (unpaired) electrons. The number of hydrogen-bond donors (Lipinski definition) is 2. The SMILES string of the molecule is CC1CCN(c2cc(NN)nc(C3CC3)n2)C1. The van der Waals surface area contributed by atoms with E-state index in [2.05, 4.69) is 27.2 Å². The van der Waals surface area contributed by atoms with Crippen molar-refractivity contribution in [2.75, 3.05) is 23.4 Å². The number of nitrogens with two attached hydrogens (primary N) is 1. The van der Waals surface area contributed by atoms with Gasteiger partial charge >= 0.3 is 0 Å². The highest BCUT2D eigenvalue weighted by molar-refractivity contribution is 5.50. The number of rotatable bonds is 3. The Balaban J connectivity index is 1.89. The van der Waals surface area contributed by atoms with Gasteiger partial charge in [-0.2, -0.15) is 0 Å². The standard InChI is InChI=1S/C12H19N5/c1-8-4-5-17(7-8)11-6-10(16-13)14-12(15-11)9-2-3-9/h6,8-9H,2-5,7,13H2,1H3,(H,14,15,16). The first-order chi connectivity index (χ1) is 8.26. The molecule has 2 heterocycles. The summed E-state index contributed by atoms with van der Waals surface area (Å²) in [5.41, 5.74) is 2.65. The molecule has 1 saturated heterocycles. The fraction of sp³-hybridized carbons (Fsp3) is 0.667. The molecule has 5 heteroatoms. The van der Waals surface area contributed by atoms with Crippen molar-refractivity contribution >= 4 is 11.6 Å². The van der Waals surface area contributed by atoms with Crippen molar-refractivity contribution in [3.05, 3.63) is 11.9 Å². The van der Waals surface area contributed by atoms with Gasteiger partial charge in [-0.15, -0.1) is 0 Å². The zero-order valence-corrected chi connectivity index (χ0v) is 10.2. The molecule has 3 N–H and O–H groups in total. The van der Waals surface area contributed by atoms with Crippen molar-refractivity contribution in [3.63, 3.8) is 0 Å². The van der Waals surface area contributed by atoms with E-state index in [1.165, 1.54) is 19.3 Å². The summed E-state index contributed by atoms with van der Waals surface area (Å²) in [5, 5.41) is 0. The molecule has 17 heavy (non-hydrogen) atoms. The molecule has 1 aromatic heterocycles. The average molecular weight is 233 g/mol. The Bertz CT molecular complexity index is 415. The summed E-state index contributed by atoms with van der Waals surface area (Å²) in [6.07, 6.45) is 3.67. The summed E-state index contributed by atoms with van der Waals surface area (Å²) in [6.45, 7) is 4.46. The molecule has 1 aliphatic carbocycles. The highest BCUT2D eigenvalue weighted by Crippen LogP contribution is 2.39. The fourth-order valence-electron chi connectivity index (χ4n) is 2.36. The Morgan fingerprint density at radius 1 is 1.35 bits per heavy atom. The van der Waals surface area contributed by atoms with Crippen molar-refractivity contribution in [1.29, 1.82) is 0 Å². The normalized spacial score (nSPS) is 24.1. The van der Waals surface area contributed by atoms with Gasteiger partial charge in [0.25, 0.3) is 0 Å². The summed E-state index contributed by atoms with van der Waals surface area (Å²) >= 11 is 0. The van der Waals surface area contributed by atoms with E-state index in [1.54, 1.807) is 0 Å². The quantitative estimate of drug-likeness (QED) is 0.611. The Hall–Kier alpha value is -1.36. The van der Waals surface area contributed by atoms with Crippen LogP contribution in [0.3, 0.4) is 0 Å². The first kappa shape index (κ1) is 10.8. The topological polar surface area (TPSA) is 67.1 Å². The van der Waals surface area contributed by atoms with E-state index in [4.69, 9.17) is 5.84 Å². The van der Waals surface area contributed by atoms with Gasteiger partial charge in [-0.3, -0.25) is 0 Å². The third kappa shape index (κ3) is 2.20. The van der Waals surface area contributed by atoms with E-state index in [-0.39, 0.29) is 0 Å². The maximum absolute atomic E-state index is 5.48. The Kier molecular flexibility index (Phi) is 2.63. The number of hydrazine groups is 1. The van der Waals surface area contributed by atoms with Crippen LogP contribution >= 0.6 is 0 Å². The third-order valence-corrected chi connectivity index (χ3v) is 3.57. The lowest BCUT2D eigenvalue weighted by molar-refractivity contribution is 0.658. The van der Waals surface area contributed by atoms with Gasteiger partial charge in [-0.1, -0.05) is 6.92 Å².